The number of hydrogen-bond acceptors (Lipinski definition) is 3. The highest BCUT2D eigenvalue weighted by Crippen LogP contribution is 2.27. The van der Waals surface area contributed by atoms with Crippen molar-refractivity contribution in [3.63, 3.8) is 0 Å². The number of likely N-dealkylation sites (tertiary alicyclic amines) is 1. The molecule has 3 heteroatoms. The van der Waals surface area contributed by atoms with Crippen molar-refractivity contribution in [1.29, 1.82) is 0 Å². The molecule has 0 bridgehead atoms. The van der Waals surface area contributed by atoms with E-state index in [4.69, 9.17) is 0 Å². The number of nitrogens with zero attached hydrogens (tertiary/aromatic N) is 1. The summed E-state index contributed by atoms with van der Waals surface area (Å²) >= 11 is 0. The van der Waals surface area contributed by atoms with Gasteiger partial charge in [-0.3, -0.25) is 0 Å². The average molecular weight is 240 g/mol. The normalized spacial score (nSPS) is 34.8. The van der Waals surface area contributed by atoms with Crippen LogP contribution in [0.4, 0.5) is 0 Å². The molecule has 0 aromatic carbocycles. The fourth-order valence-corrected chi connectivity index (χ4v) is 3.24. The molecule has 1 heterocycles. The summed E-state index contributed by atoms with van der Waals surface area (Å²) in [5.41, 5.74) is -0.430. The molecule has 2 aliphatic rings. The predicted octanol–water partition coefficient (Wildman–Crippen LogP) is 1.75. The van der Waals surface area contributed by atoms with E-state index in [0.29, 0.717) is 12.1 Å². The zero-order valence-electron chi connectivity index (χ0n) is 11.4. The number of rotatable bonds is 3. The second kappa shape index (κ2) is 5.68. The van der Waals surface area contributed by atoms with E-state index in [9.17, 15) is 5.11 Å². The number of likely N-dealkylation sites (N-methyl/N-ethyl adjacent to an activating group) is 1. The zero-order chi connectivity index (χ0) is 12.3. The molecule has 100 valence electrons. The van der Waals surface area contributed by atoms with Crippen LogP contribution in [0.25, 0.3) is 0 Å². The lowest BCUT2D eigenvalue weighted by Gasteiger charge is -2.28. The van der Waals surface area contributed by atoms with Crippen molar-refractivity contribution in [2.24, 2.45) is 0 Å². The monoisotopic (exact) mass is 240 g/mol. The van der Waals surface area contributed by atoms with Gasteiger partial charge in [-0.05, 0) is 33.2 Å². The first-order chi connectivity index (χ1) is 8.09. The lowest BCUT2D eigenvalue weighted by atomic mass is 9.94. The van der Waals surface area contributed by atoms with E-state index in [1.165, 1.54) is 32.1 Å². The van der Waals surface area contributed by atoms with Crippen LogP contribution >= 0.6 is 0 Å². The lowest BCUT2D eigenvalue weighted by Crippen LogP contribution is -2.45. The van der Waals surface area contributed by atoms with Crippen LogP contribution in [0.2, 0.25) is 0 Å². The fourth-order valence-electron chi connectivity index (χ4n) is 3.24. The van der Waals surface area contributed by atoms with Gasteiger partial charge in [-0.15, -0.1) is 0 Å². The maximum absolute atomic E-state index is 10.6. The second-order valence-electron chi connectivity index (χ2n) is 6.24. The van der Waals surface area contributed by atoms with Gasteiger partial charge in [0, 0.05) is 25.2 Å². The van der Waals surface area contributed by atoms with Crippen molar-refractivity contribution in [3.05, 3.63) is 0 Å². The van der Waals surface area contributed by atoms with Gasteiger partial charge in [0.15, 0.2) is 0 Å². The minimum atomic E-state index is -0.430. The van der Waals surface area contributed by atoms with Gasteiger partial charge in [0.25, 0.3) is 0 Å². The molecule has 0 aromatic heterocycles. The molecule has 0 spiro atoms. The van der Waals surface area contributed by atoms with E-state index < -0.39 is 5.60 Å². The minimum absolute atomic E-state index is 0.430. The van der Waals surface area contributed by atoms with Gasteiger partial charge in [0.05, 0.1) is 5.60 Å². The standard InChI is InChI=1S/C14H28N2O/c1-12-9-13(10-16(12)2)15-11-14(17)7-5-3-4-6-8-14/h12-13,15,17H,3-11H2,1-2H3. The van der Waals surface area contributed by atoms with Crippen LogP contribution in [0, 0.1) is 0 Å². The van der Waals surface area contributed by atoms with Gasteiger partial charge in [0.2, 0.25) is 0 Å². The van der Waals surface area contributed by atoms with Crippen LogP contribution in [0.15, 0.2) is 0 Å². The number of nitrogens with one attached hydrogen (secondary N) is 1. The maximum atomic E-state index is 10.6. The van der Waals surface area contributed by atoms with Gasteiger partial charge >= 0.3 is 0 Å². The summed E-state index contributed by atoms with van der Waals surface area (Å²) in [6.45, 7) is 4.19. The van der Waals surface area contributed by atoms with E-state index in [1.807, 2.05) is 0 Å². The molecule has 2 N–H and O–H groups in total. The van der Waals surface area contributed by atoms with Crippen molar-refractivity contribution < 1.29 is 5.11 Å². The van der Waals surface area contributed by atoms with Gasteiger partial charge in [-0.1, -0.05) is 25.7 Å². The third-order valence-electron chi connectivity index (χ3n) is 4.64. The van der Waals surface area contributed by atoms with Gasteiger partial charge in [-0.2, -0.15) is 0 Å². The maximum Gasteiger partial charge on any atom is 0.0771 e. The Hall–Kier alpha value is -0.120. The van der Waals surface area contributed by atoms with E-state index in [1.54, 1.807) is 0 Å². The Morgan fingerprint density at radius 1 is 1.24 bits per heavy atom. The summed E-state index contributed by atoms with van der Waals surface area (Å²) in [5, 5.41) is 14.2. The topological polar surface area (TPSA) is 35.5 Å². The highest BCUT2D eigenvalue weighted by Gasteiger charge is 2.31. The third-order valence-corrected chi connectivity index (χ3v) is 4.64. The molecule has 2 rings (SSSR count). The van der Waals surface area contributed by atoms with E-state index in [0.717, 1.165) is 25.9 Å². The lowest BCUT2D eigenvalue weighted by molar-refractivity contribution is 0.0230. The van der Waals surface area contributed by atoms with Crippen molar-refractivity contribution >= 4 is 0 Å². The van der Waals surface area contributed by atoms with Crippen molar-refractivity contribution in [3.8, 4) is 0 Å². The minimum Gasteiger partial charge on any atom is -0.389 e. The van der Waals surface area contributed by atoms with Crippen LogP contribution in [0.1, 0.15) is 51.9 Å². The first kappa shape index (κ1) is 13.3. The summed E-state index contributed by atoms with van der Waals surface area (Å²) in [5.74, 6) is 0. The van der Waals surface area contributed by atoms with Crippen LogP contribution in [-0.2, 0) is 0 Å². The average Bonchev–Trinajstić information content (AvgIpc) is 2.51. The number of aliphatic hydroxyl groups is 1. The Kier molecular flexibility index (Phi) is 4.45. The zero-order valence-corrected chi connectivity index (χ0v) is 11.4. The molecule has 0 amide bonds. The summed E-state index contributed by atoms with van der Waals surface area (Å²) < 4.78 is 0. The SMILES string of the molecule is CC1CC(NCC2(O)CCCCCC2)CN1C. The van der Waals surface area contributed by atoms with Crippen molar-refractivity contribution in [1.82, 2.24) is 10.2 Å². The van der Waals surface area contributed by atoms with E-state index in [2.05, 4.69) is 24.2 Å². The molecule has 2 atom stereocenters. The molecule has 3 nitrogen and oxygen atoms in total. The summed E-state index contributed by atoms with van der Waals surface area (Å²) in [4.78, 5) is 2.40. The first-order valence-corrected chi connectivity index (χ1v) is 7.25. The first-order valence-electron chi connectivity index (χ1n) is 7.25. The van der Waals surface area contributed by atoms with Crippen LogP contribution in [0.3, 0.4) is 0 Å². The molecule has 1 saturated carbocycles. The van der Waals surface area contributed by atoms with Crippen molar-refractivity contribution in [2.45, 2.75) is 69.6 Å². The molecule has 0 aromatic rings. The Labute approximate surface area is 106 Å². The Morgan fingerprint density at radius 2 is 1.88 bits per heavy atom. The fraction of sp³-hybridized carbons (Fsp3) is 1.00. The molecule has 2 unspecified atom stereocenters. The Balaban J connectivity index is 1.77. The number of hydrogen-bond donors (Lipinski definition) is 2. The van der Waals surface area contributed by atoms with Crippen molar-refractivity contribution in [2.75, 3.05) is 20.1 Å². The quantitative estimate of drug-likeness (QED) is 0.738. The highest BCUT2D eigenvalue weighted by atomic mass is 16.3. The molecule has 1 aliphatic heterocycles. The van der Waals surface area contributed by atoms with Crippen LogP contribution in [0.5, 0.6) is 0 Å². The van der Waals surface area contributed by atoms with Crippen LogP contribution in [-0.4, -0.2) is 47.8 Å². The Bertz CT molecular complexity index is 226. The van der Waals surface area contributed by atoms with Gasteiger partial charge in [0.1, 0.15) is 0 Å². The second-order valence-corrected chi connectivity index (χ2v) is 6.24. The smallest absolute Gasteiger partial charge is 0.0771 e. The molecule has 2 fully saturated rings. The third kappa shape index (κ3) is 3.67. The Morgan fingerprint density at radius 3 is 2.41 bits per heavy atom. The van der Waals surface area contributed by atoms with Gasteiger partial charge in [-0.25, -0.2) is 0 Å². The summed E-state index contributed by atoms with van der Waals surface area (Å²) in [6.07, 6.45) is 8.16. The molecular formula is C14H28N2O. The van der Waals surface area contributed by atoms with Gasteiger partial charge < -0.3 is 15.3 Å². The van der Waals surface area contributed by atoms with E-state index in [-0.39, 0.29) is 0 Å². The molecule has 17 heavy (non-hydrogen) atoms. The molecule has 1 saturated heterocycles. The largest absolute Gasteiger partial charge is 0.389 e. The molecule has 0 radical (unpaired) electrons. The van der Waals surface area contributed by atoms with E-state index >= 15 is 0 Å². The predicted molar refractivity (Wildman–Crippen MR) is 71.2 cm³/mol. The summed E-state index contributed by atoms with van der Waals surface area (Å²) in [7, 11) is 2.19. The molecule has 1 aliphatic carbocycles. The summed E-state index contributed by atoms with van der Waals surface area (Å²) in [6, 6.07) is 1.25. The van der Waals surface area contributed by atoms with Crippen LogP contribution < -0.4 is 5.32 Å². The highest BCUT2D eigenvalue weighted by molar-refractivity contribution is 4.89. The molecular weight excluding hydrogens is 212 g/mol.